The Labute approximate surface area is 151 Å². The number of ether oxygens (including phenoxy) is 1. The molecule has 2 aliphatic heterocycles. The molecule has 3 aliphatic carbocycles. The first-order valence-corrected chi connectivity index (χ1v) is 9.60. The van der Waals surface area contributed by atoms with Crippen LogP contribution in [0.15, 0.2) is 24.3 Å². The Morgan fingerprint density at radius 2 is 2.20 bits per heavy atom. The summed E-state index contributed by atoms with van der Waals surface area (Å²) in [5.74, 6) is 1.37. The number of hydrogen-bond acceptors (Lipinski definition) is 4. The number of alkyl halides is 1. The van der Waals surface area contributed by atoms with Crippen molar-refractivity contribution in [3.8, 4) is 11.5 Å². The quantitative estimate of drug-likeness (QED) is 0.826. The predicted octanol–water partition coefficient (Wildman–Crippen LogP) is 2.55. The van der Waals surface area contributed by atoms with E-state index in [2.05, 4.69) is 4.90 Å². The fourth-order valence-electron chi connectivity index (χ4n) is 5.81. The molecule has 2 fully saturated rings. The van der Waals surface area contributed by atoms with E-state index in [0.717, 1.165) is 37.4 Å². The average Bonchev–Trinajstić information content (AvgIpc) is 3.32. The highest BCUT2D eigenvalue weighted by Gasteiger charge is 2.71. The number of nitrogens with zero attached hydrogens (tertiary/aromatic N) is 1. The van der Waals surface area contributed by atoms with E-state index in [9.17, 15) is 9.90 Å². The molecule has 4 atom stereocenters. The Morgan fingerprint density at radius 3 is 3.00 bits per heavy atom. The van der Waals surface area contributed by atoms with Crippen molar-refractivity contribution in [2.75, 3.05) is 13.1 Å². The molecule has 4 nitrogen and oxygen atoms in total. The summed E-state index contributed by atoms with van der Waals surface area (Å²) in [6.45, 7) is 2.04. The largest absolute Gasteiger partial charge is 0.504 e. The molecule has 0 aromatic heterocycles. The maximum Gasteiger partial charge on any atom is 0.196 e. The molecule has 1 aromatic rings. The van der Waals surface area contributed by atoms with E-state index in [4.69, 9.17) is 16.3 Å². The summed E-state index contributed by atoms with van der Waals surface area (Å²) < 4.78 is 6.06. The molecule has 6 rings (SSSR count). The van der Waals surface area contributed by atoms with Crippen molar-refractivity contribution in [3.63, 3.8) is 0 Å². The van der Waals surface area contributed by atoms with Gasteiger partial charge < -0.3 is 9.84 Å². The molecular weight excluding hydrogens is 338 g/mol. The Bertz CT molecular complexity index is 848. The molecule has 0 radical (unpaired) electrons. The van der Waals surface area contributed by atoms with E-state index in [1.54, 1.807) is 12.1 Å². The highest BCUT2D eigenvalue weighted by atomic mass is 35.5. The van der Waals surface area contributed by atoms with Crippen molar-refractivity contribution in [2.24, 2.45) is 5.92 Å². The standard InChI is InChI=1S/C20H20ClNO3/c21-20-6-5-14(24)18-19(20)7-8-22(10-11-1-2-11)15(20)9-12-3-4-13(23)17(25-18)16(12)19/h3-6,11,15,18,23H,1-2,7-10H2/t15?,18-,19?,20+/m0/s1. The lowest BCUT2D eigenvalue weighted by Gasteiger charge is -2.60. The van der Waals surface area contributed by atoms with Gasteiger partial charge in [-0.05, 0) is 55.9 Å². The second-order valence-corrected chi connectivity index (χ2v) is 8.95. The molecule has 130 valence electrons. The fraction of sp³-hybridized carbons (Fsp3) is 0.550. The highest BCUT2D eigenvalue weighted by Crippen LogP contribution is 2.65. The number of phenolic OH excluding ortho intramolecular Hbond substituents is 1. The van der Waals surface area contributed by atoms with Crippen LogP contribution in [0.5, 0.6) is 11.5 Å². The van der Waals surface area contributed by atoms with Gasteiger partial charge in [0.2, 0.25) is 0 Å². The van der Waals surface area contributed by atoms with Crippen molar-refractivity contribution in [3.05, 3.63) is 35.4 Å². The van der Waals surface area contributed by atoms with Gasteiger partial charge in [-0.25, -0.2) is 0 Å². The van der Waals surface area contributed by atoms with Crippen molar-refractivity contribution in [1.82, 2.24) is 4.90 Å². The predicted molar refractivity (Wildman–Crippen MR) is 93.3 cm³/mol. The molecule has 1 N–H and O–H groups in total. The lowest BCUT2D eigenvalue weighted by atomic mass is 9.53. The summed E-state index contributed by atoms with van der Waals surface area (Å²) in [5.41, 5.74) is 1.62. The normalized spacial score (nSPS) is 40.8. The van der Waals surface area contributed by atoms with Crippen molar-refractivity contribution >= 4 is 17.4 Å². The minimum Gasteiger partial charge on any atom is -0.504 e. The molecule has 2 unspecified atom stereocenters. The van der Waals surface area contributed by atoms with Gasteiger partial charge in [0, 0.05) is 18.2 Å². The van der Waals surface area contributed by atoms with Crippen LogP contribution in [0, 0.1) is 5.92 Å². The number of halogens is 1. The molecule has 2 bridgehead atoms. The Balaban J connectivity index is 1.60. The number of likely N-dealkylation sites (tertiary alicyclic amines) is 1. The molecule has 0 amide bonds. The van der Waals surface area contributed by atoms with E-state index in [1.165, 1.54) is 18.4 Å². The van der Waals surface area contributed by atoms with Gasteiger partial charge in [0.05, 0.1) is 10.3 Å². The number of benzene rings is 1. The number of piperidine rings is 1. The smallest absolute Gasteiger partial charge is 0.196 e. The summed E-state index contributed by atoms with van der Waals surface area (Å²) in [5, 5.41) is 10.3. The molecule has 1 aromatic carbocycles. The second-order valence-electron chi connectivity index (χ2n) is 8.33. The molecule has 1 saturated heterocycles. The molecule has 2 heterocycles. The lowest BCUT2D eigenvalue weighted by molar-refractivity contribution is -0.126. The number of rotatable bonds is 2. The third kappa shape index (κ3) is 1.57. The van der Waals surface area contributed by atoms with Crippen LogP contribution < -0.4 is 4.74 Å². The first kappa shape index (κ1) is 14.6. The molecule has 5 aliphatic rings. The first-order valence-electron chi connectivity index (χ1n) is 9.22. The van der Waals surface area contributed by atoms with Crippen LogP contribution in [-0.2, 0) is 16.6 Å². The van der Waals surface area contributed by atoms with E-state index in [-0.39, 0.29) is 17.6 Å². The van der Waals surface area contributed by atoms with Gasteiger partial charge in [-0.3, -0.25) is 9.69 Å². The number of phenols is 1. The number of carbonyl (C=O) groups excluding carboxylic acids is 1. The number of ketones is 1. The third-order valence-electron chi connectivity index (χ3n) is 7.11. The monoisotopic (exact) mass is 357 g/mol. The van der Waals surface area contributed by atoms with Crippen molar-refractivity contribution in [2.45, 2.75) is 48.1 Å². The number of hydrogen-bond donors (Lipinski definition) is 1. The minimum absolute atomic E-state index is 0.0332. The SMILES string of the molecule is O=C1C=C[C@@]2(Cl)C3Cc4ccc(O)c5c4C2(CCN3CC2CC2)[C@H]1O5. The summed E-state index contributed by atoms with van der Waals surface area (Å²) in [6.07, 6.45) is 7.21. The first-order chi connectivity index (χ1) is 12.0. The summed E-state index contributed by atoms with van der Waals surface area (Å²) in [4.78, 5) is 14.6. The number of aromatic hydroxyl groups is 1. The molecule has 1 spiro atoms. The lowest BCUT2D eigenvalue weighted by Crippen LogP contribution is -2.73. The third-order valence-corrected chi connectivity index (χ3v) is 7.82. The van der Waals surface area contributed by atoms with Crippen LogP contribution in [-0.4, -0.2) is 45.9 Å². The molecule has 1 saturated carbocycles. The van der Waals surface area contributed by atoms with Crippen LogP contribution >= 0.6 is 11.6 Å². The van der Waals surface area contributed by atoms with E-state index < -0.39 is 16.4 Å². The van der Waals surface area contributed by atoms with Crippen LogP contribution in [0.3, 0.4) is 0 Å². The Morgan fingerprint density at radius 1 is 1.36 bits per heavy atom. The summed E-state index contributed by atoms with van der Waals surface area (Å²) in [6, 6.07) is 3.86. The maximum absolute atomic E-state index is 12.7. The van der Waals surface area contributed by atoms with E-state index in [0.29, 0.717) is 5.75 Å². The molecule has 5 heteroatoms. The number of carbonyl (C=O) groups is 1. The molecular formula is C20H20ClNO3. The Kier molecular flexibility index (Phi) is 2.58. The Hall–Kier alpha value is -1.52. The molecule has 25 heavy (non-hydrogen) atoms. The zero-order valence-corrected chi connectivity index (χ0v) is 14.6. The summed E-state index contributed by atoms with van der Waals surface area (Å²) >= 11 is 7.37. The van der Waals surface area contributed by atoms with E-state index >= 15 is 0 Å². The van der Waals surface area contributed by atoms with Gasteiger partial charge in [0.1, 0.15) is 0 Å². The van der Waals surface area contributed by atoms with Crippen molar-refractivity contribution in [1.29, 1.82) is 0 Å². The second kappa shape index (κ2) is 4.41. The van der Waals surface area contributed by atoms with Crippen molar-refractivity contribution < 1.29 is 14.6 Å². The zero-order valence-electron chi connectivity index (χ0n) is 13.9. The average molecular weight is 358 g/mol. The highest BCUT2D eigenvalue weighted by molar-refractivity contribution is 6.29. The van der Waals surface area contributed by atoms with Crippen LogP contribution in [0.1, 0.15) is 30.4 Å². The fourth-order valence-corrected chi connectivity index (χ4v) is 6.37. The zero-order chi connectivity index (χ0) is 17.0. The van der Waals surface area contributed by atoms with E-state index in [1.807, 2.05) is 12.1 Å². The van der Waals surface area contributed by atoms with Crippen LogP contribution in [0.2, 0.25) is 0 Å². The van der Waals surface area contributed by atoms with Gasteiger partial charge >= 0.3 is 0 Å². The maximum atomic E-state index is 12.7. The van der Waals surface area contributed by atoms with Crippen LogP contribution in [0.25, 0.3) is 0 Å². The van der Waals surface area contributed by atoms with Gasteiger partial charge in [-0.2, -0.15) is 0 Å². The van der Waals surface area contributed by atoms with Gasteiger partial charge in [0.25, 0.3) is 0 Å². The topological polar surface area (TPSA) is 49.8 Å². The van der Waals surface area contributed by atoms with Crippen LogP contribution in [0.4, 0.5) is 0 Å². The summed E-state index contributed by atoms with van der Waals surface area (Å²) in [7, 11) is 0. The van der Waals surface area contributed by atoms with Gasteiger partial charge in [-0.15, -0.1) is 11.6 Å². The van der Waals surface area contributed by atoms with Gasteiger partial charge in [-0.1, -0.05) is 12.1 Å². The van der Waals surface area contributed by atoms with Gasteiger partial charge in [0.15, 0.2) is 23.4 Å². The minimum atomic E-state index is -0.648.